The number of halogens is 2. The van der Waals surface area contributed by atoms with Crippen LogP contribution in [0.3, 0.4) is 0 Å². The van der Waals surface area contributed by atoms with Crippen molar-refractivity contribution in [1.82, 2.24) is 20.2 Å². The molecule has 0 saturated carbocycles. The van der Waals surface area contributed by atoms with Crippen LogP contribution in [-0.2, 0) is 14.3 Å². The van der Waals surface area contributed by atoms with Crippen molar-refractivity contribution in [2.24, 2.45) is 5.92 Å². The molecule has 2 amide bonds. The summed E-state index contributed by atoms with van der Waals surface area (Å²) in [4.78, 5) is 49.7. The lowest BCUT2D eigenvalue weighted by atomic mass is 9.90. The van der Waals surface area contributed by atoms with E-state index in [2.05, 4.69) is 15.3 Å². The maximum absolute atomic E-state index is 13.5. The molecule has 2 fully saturated rings. The van der Waals surface area contributed by atoms with Gasteiger partial charge in [0.15, 0.2) is 5.13 Å². The number of thiazole rings is 1. The van der Waals surface area contributed by atoms with Crippen LogP contribution in [0.25, 0.3) is 0 Å². The summed E-state index contributed by atoms with van der Waals surface area (Å²) in [5.41, 5.74) is 0.768. The number of methoxy groups -OCH3 is 1. The van der Waals surface area contributed by atoms with Crippen LogP contribution in [0.5, 0.6) is 0 Å². The zero-order chi connectivity index (χ0) is 24.4. The number of rotatable bonds is 5. The number of hydrogen-bond donors (Lipinski definition) is 2. The van der Waals surface area contributed by atoms with E-state index in [0.717, 1.165) is 0 Å². The lowest BCUT2D eigenvalue weighted by Gasteiger charge is -2.40. The molecule has 2 aliphatic rings. The number of nitrogens with zero attached hydrogens (tertiary/aromatic N) is 3. The van der Waals surface area contributed by atoms with Gasteiger partial charge in [0.2, 0.25) is 5.91 Å². The van der Waals surface area contributed by atoms with E-state index in [4.69, 9.17) is 32.7 Å². The van der Waals surface area contributed by atoms with Crippen LogP contribution in [0, 0.1) is 12.8 Å². The highest BCUT2D eigenvalue weighted by molar-refractivity contribution is 7.17. The number of carbonyl (C=O) groups is 3. The second-order valence-corrected chi connectivity index (χ2v) is 9.88. The van der Waals surface area contributed by atoms with Gasteiger partial charge < -0.3 is 29.6 Å². The second kappa shape index (κ2) is 10.5. The number of piperidine rings is 1. The number of aryl methyl sites for hydroxylation is 1. The van der Waals surface area contributed by atoms with Crippen molar-refractivity contribution < 1.29 is 23.9 Å². The summed E-state index contributed by atoms with van der Waals surface area (Å²) in [6.45, 7) is 4.56. The molecule has 2 aromatic heterocycles. The monoisotopic (exact) mass is 529 g/mol. The molecular weight excluding hydrogens is 505 g/mol. The molecule has 2 saturated heterocycles. The Labute approximate surface area is 210 Å². The summed E-state index contributed by atoms with van der Waals surface area (Å²) in [5.74, 6) is -1.45. The van der Waals surface area contributed by atoms with Crippen molar-refractivity contribution in [3.8, 4) is 0 Å². The van der Waals surface area contributed by atoms with E-state index < -0.39 is 23.8 Å². The van der Waals surface area contributed by atoms with Gasteiger partial charge in [-0.2, -0.15) is 0 Å². The number of esters is 1. The zero-order valence-corrected chi connectivity index (χ0v) is 21.1. The molecule has 184 valence electrons. The third-order valence-corrected chi connectivity index (χ3v) is 7.99. The van der Waals surface area contributed by atoms with E-state index >= 15 is 0 Å². The number of aromatic amines is 1. The zero-order valence-electron chi connectivity index (χ0n) is 18.7. The summed E-state index contributed by atoms with van der Waals surface area (Å²) in [6.07, 6.45) is 1.97. The van der Waals surface area contributed by atoms with Crippen LogP contribution in [0.4, 0.5) is 5.13 Å². The number of nitrogens with one attached hydrogen (secondary N) is 2. The standard InChI is InChI=1S/C21H25Cl2N5O5S/c1-11-15(22)16(23)17(25-11)18(29)26-13-3-4-28(21-24-9-14(34-21)20(31)32-2)10-12(13)19(30)27-5-7-33-8-6-27/h9,12-13,25H,3-8,10H2,1-2H3,(H,26,29). The van der Waals surface area contributed by atoms with Gasteiger partial charge >= 0.3 is 5.97 Å². The molecule has 2 aromatic rings. The maximum Gasteiger partial charge on any atom is 0.349 e. The molecule has 0 aliphatic carbocycles. The normalized spacial score (nSPS) is 20.8. The minimum atomic E-state index is -0.522. The highest BCUT2D eigenvalue weighted by atomic mass is 35.5. The first kappa shape index (κ1) is 24.8. The van der Waals surface area contributed by atoms with Gasteiger partial charge in [0.25, 0.3) is 5.91 Å². The van der Waals surface area contributed by atoms with E-state index in [1.165, 1.54) is 24.6 Å². The third kappa shape index (κ3) is 5.02. The van der Waals surface area contributed by atoms with Gasteiger partial charge in [-0.1, -0.05) is 34.5 Å². The topological polar surface area (TPSA) is 117 Å². The predicted molar refractivity (Wildman–Crippen MR) is 128 cm³/mol. The number of ether oxygens (including phenoxy) is 2. The van der Waals surface area contributed by atoms with Crippen molar-refractivity contribution in [2.75, 3.05) is 51.4 Å². The lowest BCUT2D eigenvalue weighted by Crippen LogP contribution is -2.57. The molecule has 4 heterocycles. The molecule has 0 radical (unpaired) electrons. The molecule has 0 aromatic carbocycles. The van der Waals surface area contributed by atoms with E-state index in [1.54, 1.807) is 11.8 Å². The first-order valence-corrected chi connectivity index (χ1v) is 12.4. The molecule has 0 bridgehead atoms. The maximum atomic E-state index is 13.5. The van der Waals surface area contributed by atoms with Crippen LogP contribution < -0.4 is 10.2 Å². The van der Waals surface area contributed by atoms with Crippen molar-refractivity contribution in [3.63, 3.8) is 0 Å². The van der Waals surface area contributed by atoms with Gasteiger partial charge in [-0.3, -0.25) is 9.59 Å². The minimum Gasteiger partial charge on any atom is -0.465 e. The summed E-state index contributed by atoms with van der Waals surface area (Å²) in [7, 11) is 1.32. The van der Waals surface area contributed by atoms with E-state index in [0.29, 0.717) is 66.5 Å². The fourth-order valence-corrected chi connectivity index (χ4v) is 5.43. The summed E-state index contributed by atoms with van der Waals surface area (Å²) in [6, 6.07) is -0.419. The highest BCUT2D eigenvalue weighted by Crippen LogP contribution is 2.31. The average Bonchev–Trinajstić information content (AvgIpc) is 3.45. The molecule has 34 heavy (non-hydrogen) atoms. The Morgan fingerprint density at radius 2 is 1.97 bits per heavy atom. The van der Waals surface area contributed by atoms with Crippen molar-refractivity contribution in [3.05, 3.63) is 32.5 Å². The first-order valence-electron chi connectivity index (χ1n) is 10.8. The number of carbonyl (C=O) groups excluding carboxylic acids is 3. The Morgan fingerprint density at radius 3 is 2.62 bits per heavy atom. The Morgan fingerprint density at radius 1 is 1.24 bits per heavy atom. The number of H-pyrrole nitrogens is 1. The molecular formula is C21H25Cl2N5O5S. The van der Waals surface area contributed by atoms with Crippen LogP contribution in [-0.4, -0.2) is 85.2 Å². The average molecular weight is 530 g/mol. The number of aromatic nitrogens is 2. The summed E-state index contributed by atoms with van der Waals surface area (Å²) >= 11 is 13.6. The number of morpholine rings is 1. The van der Waals surface area contributed by atoms with Gasteiger partial charge in [-0.15, -0.1) is 0 Å². The fraction of sp³-hybridized carbons (Fsp3) is 0.524. The first-order chi connectivity index (χ1) is 16.3. The molecule has 2 unspecified atom stereocenters. The quantitative estimate of drug-likeness (QED) is 0.570. The van der Waals surface area contributed by atoms with Crippen molar-refractivity contribution in [1.29, 1.82) is 0 Å². The molecule has 4 rings (SSSR count). The van der Waals surface area contributed by atoms with Gasteiger partial charge in [-0.25, -0.2) is 9.78 Å². The van der Waals surface area contributed by atoms with Crippen LogP contribution >= 0.6 is 34.5 Å². The number of anilines is 1. The lowest BCUT2D eigenvalue weighted by molar-refractivity contribution is -0.140. The largest absolute Gasteiger partial charge is 0.465 e. The summed E-state index contributed by atoms with van der Waals surface area (Å²) < 4.78 is 10.1. The Hall–Kier alpha value is -2.34. The van der Waals surface area contributed by atoms with E-state index in [9.17, 15) is 14.4 Å². The predicted octanol–water partition coefficient (Wildman–Crippen LogP) is 2.36. The fourth-order valence-electron chi connectivity index (χ4n) is 4.14. The van der Waals surface area contributed by atoms with E-state index in [1.807, 2.05) is 4.90 Å². The second-order valence-electron chi connectivity index (χ2n) is 8.11. The molecule has 13 heteroatoms. The molecule has 10 nitrogen and oxygen atoms in total. The van der Waals surface area contributed by atoms with Gasteiger partial charge in [0.05, 0.1) is 42.5 Å². The van der Waals surface area contributed by atoms with Crippen molar-refractivity contribution in [2.45, 2.75) is 19.4 Å². The van der Waals surface area contributed by atoms with Gasteiger partial charge in [0.1, 0.15) is 10.6 Å². The highest BCUT2D eigenvalue weighted by Gasteiger charge is 2.39. The Bertz CT molecular complexity index is 1080. The Kier molecular flexibility index (Phi) is 7.66. The number of hydrogen-bond acceptors (Lipinski definition) is 8. The molecule has 0 spiro atoms. The Balaban J connectivity index is 1.55. The van der Waals surface area contributed by atoms with Crippen LogP contribution in [0.2, 0.25) is 10.0 Å². The van der Waals surface area contributed by atoms with Crippen molar-refractivity contribution >= 4 is 57.5 Å². The number of amides is 2. The van der Waals surface area contributed by atoms with Crippen LogP contribution in [0.1, 0.15) is 32.3 Å². The molecule has 2 atom stereocenters. The summed E-state index contributed by atoms with van der Waals surface area (Å²) in [5, 5.41) is 4.06. The smallest absolute Gasteiger partial charge is 0.349 e. The van der Waals surface area contributed by atoms with Crippen LogP contribution in [0.15, 0.2) is 6.20 Å². The SMILES string of the molecule is COC(=O)c1cnc(N2CCC(NC(=O)c3[nH]c(C)c(Cl)c3Cl)C(C(=O)N3CCOCC3)C2)s1. The van der Waals surface area contributed by atoms with E-state index in [-0.39, 0.29) is 16.6 Å². The third-order valence-electron chi connectivity index (χ3n) is 6.00. The van der Waals surface area contributed by atoms with Gasteiger partial charge in [-0.05, 0) is 13.3 Å². The van der Waals surface area contributed by atoms with Gasteiger partial charge in [0, 0.05) is 37.9 Å². The molecule has 2 aliphatic heterocycles. The molecule has 2 N–H and O–H groups in total. The minimum absolute atomic E-state index is 0.0603.